The third-order valence-electron chi connectivity index (χ3n) is 1.88. The van der Waals surface area contributed by atoms with Crippen LogP contribution in [0.15, 0.2) is 22.7 Å². The summed E-state index contributed by atoms with van der Waals surface area (Å²) in [5.41, 5.74) is 5.51. The van der Waals surface area contributed by atoms with E-state index < -0.39 is 11.4 Å². The minimum absolute atomic E-state index is 0.268. The molecule has 5 heteroatoms. The molecule has 0 unspecified atom stereocenters. The lowest BCUT2D eigenvalue weighted by atomic mass is 10.1. The molecule has 16 heavy (non-hydrogen) atoms. The van der Waals surface area contributed by atoms with Crippen molar-refractivity contribution >= 4 is 21.8 Å². The van der Waals surface area contributed by atoms with Crippen molar-refractivity contribution in [3.63, 3.8) is 0 Å². The predicted octanol–water partition coefficient (Wildman–Crippen LogP) is 2.06. The molecule has 0 radical (unpaired) electrons. The van der Waals surface area contributed by atoms with E-state index >= 15 is 0 Å². The lowest BCUT2D eigenvalue weighted by molar-refractivity contribution is 0.0945. The number of halogens is 2. The van der Waals surface area contributed by atoms with Crippen LogP contribution in [0.3, 0.4) is 0 Å². The fourth-order valence-corrected chi connectivity index (χ4v) is 1.50. The fraction of sp³-hybridized carbons (Fsp3) is 0.364. The van der Waals surface area contributed by atoms with E-state index in [1.807, 2.05) is 0 Å². The van der Waals surface area contributed by atoms with Gasteiger partial charge in [-0.3, -0.25) is 4.79 Å². The van der Waals surface area contributed by atoms with Crippen LogP contribution in [0, 0.1) is 5.82 Å². The van der Waals surface area contributed by atoms with Gasteiger partial charge in [-0.25, -0.2) is 4.39 Å². The molecule has 0 spiro atoms. The molecule has 1 aromatic rings. The van der Waals surface area contributed by atoms with Gasteiger partial charge in [0.05, 0.1) is 5.56 Å². The molecule has 0 saturated heterocycles. The Kier molecular flexibility index (Phi) is 4.04. The Hall–Kier alpha value is -0.940. The van der Waals surface area contributed by atoms with Gasteiger partial charge in [-0.1, -0.05) is 0 Å². The molecular formula is C11H14BrFN2O. The Morgan fingerprint density at radius 2 is 2.19 bits per heavy atom. The highest BCUT2D eigenvalue weighted by molar-refractivity contribution is 9.10. The average molecular weight is 289 g/mol. The Morgan fingerprint density at radius 3 is 2.75 bits per heavy atom. The van der Waals surface area contributed by atoms with Crippen molar-refractivity contribution in [1.29, 1.82) is 0 Å². The van der Waals surface area contributed by atoms with Crippen LogP contribution < -0.4 is 11.1 Å². The van der Waals surface area contributed by atoms with E-state index in [0.29, 0.717) is 11.0 Å². The number of amides is 1. The van der Waals surface area contributed by atoms with E-state index in [-0.39, 0.29) is 11.5 Å². The van der Waals surface area contributed by atoms with E-state index in [0.717, 1.165) is 0 Å². The van der Waals surface area contributed by atoms with Crippen LogP contribution in [0.5, 0.6) is 0 Å². The summed E-state index contributed by atoms with van der Waals surface area (Å²) in [6.07, 6.45) is 0. The minimum Gasteiger partial charge on any atom is -0.350 e. The van der Waals surface area contributed by atoms with Crippen LogP contribution in [0.1, 0.15) is 24.2 Å². The second-order valence-corrected chi connectivity index (χ2v) is 5.15. The third kappa shape index (κ3) is 3.90. The van der Waals surface area contributed by atoms with Crippen molar-refractivity contribution in [2.24, 2.45) is 5.73 Å². The highest BCUT2D eigenvalue weighted by atomic mass is 79.9. The number of benzene rings is 1. The van der Waals surface area contributed by atoms with Crippen LogP contribution in [-0.4, -0.2) is 18.0 Å². The lowest BCUT2D eigenvalue weighted by Gasteiger charge is -2.19. The first-order valence-corrected chi connectivity index (χ1v) is 5.61. The SMILES string of the molecule is CC(C)(N)CNC(=O)c1cc(F)ccc1Br. The maximum absolute atomic E-state index is 13.0. The van der Waals surface area contributed by atoms with E-state index in [1.165, 1.54) is 18.2 Å². The van der Waals surface area contributed by atoms with Gasteiger partial charge in [0.1, 0.15) is 5.82 Å². The molecule has 3 N–H and O–H groups in total. The van der Waals surface area contributed by atoms with Gasteiger partial charge in [0.2, 0.25) is 0 Å². The van der Waals surface area contributed by atoms with Crippen LogP contribution in [0.25, 0.3) is 0 Å². The molecule has 1 aromatic carbocycles. The summed E-state index contributed by atoms with van der Waals surface area (Å²) in [5.74, 6) is -0.787. The van der Waals surface area contributed by atoms with Gasteiger partial charge in [0.25, 0.3) is 5.91 Å². The highest BCUT2D eigenvalue weighted by Crippen LogP contribution is 2.17. The minimum atomic E-state index is -0.491. The van der Waals surface area contributed by atoms with Crippen molar-refractivity contribution in [3.05, 3.63) is 34.1 Å². The van der Waals surface area contributed by atoms with Crippen LogP contribution in [-0.2, 0) is 0 Å². The summed E-state index contributed by atoms with van der Waals surface area (Å²) >= 11 is 3.19. The number of hydrogen-bond donors (Lipinski definition) is 2. The number of hydrogen-bond acceptors (Lipinski definition) is 2. The molecule has 0 aliphatic heterocycles. The molecule has 0 aromatic heterocycles. The quantitative estimate of drug-likeness (QED) is 0.895. The summed E-state index contributed by atoms with van der Waals surface area (Å²) in [6.45, 7) is 3.93. The van der Waals surface area contributed by atoms with Crippen molar-refractivity contribution in [2.75, 3.05) is 6.54 Å². The summed E-state index contributed by atoms with van der Waals surface area (Å²) in [4.78, 5) is 11.7. The van der Waals surface area contributed by atoms with Crippen molar-refractivity contribution in [3.8, 4) is 0 Å². The second-order valence-electron chi connectivity index (χ2n) is 4.30. The Balaban J connectivity index is 2.77. The first kappa shape index (κ1) is 13.1. The molecule has 3 nitrogen and oxygen atoms in total. The molecule has 88 valence electrons. The van der Waals surface area contributed by atoms with Crippen molar-refractivity contribution in [2.45, 2.75) is 19.4 Å². The maximum Gasteiger partial charge on any atom is 0.252 e. The predicted molar refractivity (Wildman–Crippen MR) is 64.7 cm³/mol. The molecule has 1 amide bonds. The van der Waals surface area contributed by atoms with E-state index in [4.69, 9.17) is 5.73 Å². The van der Waals surface area contributed by atoms with Gasteiger partial charge < -0.3 is 11.1 Å². The average Bonchev–Trinajstić information content (AvgIpc) is 2.17. The monoisotopic (exact) mass is 288 g/mol. The van der Waals surface area contributed by atoms with Gasteiger partial charge >= 0.3 is 0 Å². The van der Waals surface area contributed by atoms with Gasteiger partial charge in [-0.05, 0) is 48.0 Å². The maximum atomic E-state index is 13.0. The van der Waals surface area contributed by atoms with Crippen LogP contribution >= 0.6 is 15.9 Å². The zero-order valence-corrected chi connectivity index (χ0v) is 10.8. The van der Waals surface area contributed by atoms with Crippen LogP contribution in [0.4, 0.5) is 4.39 Å². The molecular weight excluding hydrogens is 275 g/mol. The number of carbonyl (C=O) groups is 1. The van der Waals surface area contributed by atoms with E-state index in [1.54, 1.807) is 13.8 Å². The summed E-state index contributed by atoms with van der Waals surface area (Å²) in [7, 11) is 0. The number of nitrogens with two attached hydrogens (primary N) is 1. The standard InChI is InChI=1S/C11H14BrFN2O/c1-11(2,14)6-15-10(16)8-5-7(13)3-4-9(8)12/h3-5H,6,14H2,1-2H3,(H,15,16). The molecule has 0 fully saturated rings. The topological polar surface area (TPSA) is 55.1 Å². The molecule has 1 rings (SSSR count). The number of carbonyl (C=O) groups excluding carboxylic acids is 1. The lowest BCUT2D eigenvalue weighted by Crippen LogP contribution is -2.45. The third-order valence-corrected chi connectivity index (χ3v) is 2.57. The molecule has 0 bridgehead atoms. The summed E-state index contributed by atoms with van der Waals surface area (Å²) < 4.78 is 13.5. The van der Waals surface area contributed by atoms with Crippen LogP contribution in [0.2, 0.25) is 0 Å². The second kappa shape index (κ2) is 4.93. The molecule has 0 aliphatic rings. The molecule has 0 aliphatic carbocycles. The fourth-order valence-electron chi connectivity index (χ4n) is 1.07. The normalized spacial score (nSPS) is 11.3. The summed E-state index contributed by atoms with van der Waals surface area (Å²) in [6, 6.07) is 3.97. The first-order valence-electron chi connectivity index (χ1n) is 4.82. The smallest absolute Gasteiger partial charge is 0.252 e. The molecule has 0 atom stereocenters. The Bertz CT molecular complexity index is 401. The number of rotatable bonds is 3. The van der Waals surface area contributed by atoms with Gasteiger partial charge in [0.15, 0.2) is 0 Å². The molecule has 0 heterocycles. The zero-order chi connectivity index (χ0) is 12.3. The Morgan fingerprint density at radius 1 is 1.56 bits per heavy atom. The van der Waals surface area contributed by atoms with Crippen molar-refractivity contribution in [1.82, 2.24) is 5.32 Å². The van der Waals surface area contributed by atoms with E-state index in [2.05, 4.69) is 21.2 Å². The zero-order valence-electron chi connectivity index (χ0n) is 9.18. The first-order chi connectivity index (χ1) is 7.29. The van der Waals surface area contributed by atoms with Gasteiger partial charge in [0, 0.05) is 16.6 Å². The van der Waals surface area contributed by atoms with E-state index in [9.17, 15) is 9.18 Å². The largest absolute Gasteiger partial charge is 0.350 e. The van der Waals surface area contributed by atoms with Gasteiger partial charge in [-0.2, -0.15) is 0 Å². The van der Waals surface area contributed by atoms with Crippen molar-refractivity contribution < 1.29 is 9.18 Å². The summed E-state index contributed by atoms with van der Waals surface area (Å²) in [5, 5.41) is 2.65. The highest BCUT2D eigenvalue weighted by Gasteiger charge is 2.15. The Labute approximate surface area is 102 Å². The number of nitrogens with one attached hydrogen (secondary N) is 1. The van der Waals surface area contributed by atoms with Gasteiger partial charge in [-0.15, -0.1) is 0 Å². The molecule has 0 saturated carbocycles.